The van der Waals surface area contributed by atoms with Crippen molar-refractivity contribution in [3.63, 3.8) is 0 Å². The summed E-state index contributed by atoms with van der Waals surface area (Å²) in [5.41, 5.74) is 0.895. The molecule has 1 aliphatic heterocycles. The number of hydrogen-bond acceptors (Lipinski definition) is 9. The van der Waals surface area contributed by atoms with Gasteiger partial charge in [-0.25, -0.2) is 33.1 Å². The van der Waals surface area contributed by atoms with E-state index in [9.17, 15) is 13.2 Å². The minimum atomic E-state index is -3.46. The van der Waals surface area contributed by atoms with Gasteiger partial charge in [0, 0.05) is 37.3 Å². The minimum absolute atomic E-state index is 0.0727. The first-order valence-corrected chi connectivity index (χ1v) is 12.8. The van der Waals surface area contributed by atoms with E-state index in [1.807, 2.05) is 6.92 Å². The van der Waals surface area contributed by atoms with Crippen LogP contribution in [0.1, 0.15) is 39.3 Å². The van der Waals surface area contributed by atoms with E-state index in [1.165, 1.54) is 18.6 Å². The van der Waals surface area contributed by atoms with E-state index in [0.717, 1.165) is 12.8 Å². The van der Waals surface area contributed by atoms with Crippen LogP contribution in [0.3, 0.4) is 0 Å². The highest BCUT2D eigenvalue weighted by molar-refractivity contribution is 7.91. The first-order chi connectivity index (χ1) is 15.5. The van der Waals surface area contributed by atoms with Crippen LogP contribution in [-0.4, -0.2) is 72.5 Å². The van der Waals surface area contributed by atoms with Gasteiger partial charge in [-0.1, -0.05) is 0 Å². The Kier molecular flexibility index (Phi) is 6.23. The van der Waals surface area contributed by atoms with Crippen molar-refractivity contribution < 1.29 is 17.9 Å². The van der Waals surface area contributed by atoms with Crippen molar-refractivity contribution in [2.45, 2.75) is 50.4 Å². The minimum Gasteiger partial charge on any atom is -0.377 e. The molecule has 4 rings (SSSR count). The van der Waals surface area contributed by atoms with Gasteiger partial charge in [-0.05, 0) is 33.6 Å². The number of carbonyl (C=O) groups excluding carboxylic acids is 1. The van der Waals surface area contributed by atoms with Crippen LogP contribution in [0.4, 0.5) is 16.6 Å². The number of nitrogens with zero attached hydrogens (tertiary/aromatic N) is 5. The van der Waals surface area contributed by atoms with Crippen LogP contribution in [0.25, 0.3) is 11.4 Å². The molecular weight excluding hydrogens is 446 g/mol. The quantitative estimate of drug-likeness (QED) is 0.639. The summed E-state index contributed by atoms with van der Waals surface area (Å²) in [4.78, 5) is 31.7. The number of hydrogen-bond donors (Lipinski definition) is 2. The highest BCUT2D eigenvalue weighted by Gasteiger charge is 2.36. The van der Waals surface area contributed by atoms with Crippen molar-refractivity contribution >= 4 is 27.6 Å². The monoisotopic (exact) mass is 475 g/mol. The molecule has 2 amide bonds. The third-order valence-corrected chi connectivity index (χ3v) is 8.03. The summed E-state index contributed by atoms with van der Waals surface area (Å²) in [7, 11) is -3.46. The summed E-state index contributed by atoms with van der Waals surface area (Å²) >= 11 is 0. The molecule has 3 heterocycles. The average molecular weight is 476 g/mol. The first kappa shape index (κ1) is 23.3. The third kappa shape index (κ3) is 5.22. The molecule has 0 aromatic carbocycles. The van der Waals surface area contributed by atoms with Gasteiger partial charge in [0.25, 0.3) is 0 Å². The van der Waals surface area contributed by atoms with Crippen LogP contribution in [0.15, 0.2) is 18.5 Å². The van der Waals surface area contributed by atoms with Gasteiger partial charge in [-0.15, -0.1) is 0 Å². The van der Waals surface area contributed by atoms with Gasteiger partial charge in [0.2, 0.25) is 5.95 Å². The van der Waals surface area contributed by atoms with Gasteiger partial charge in [0.1, 0.15) is 10.6 Å². The summed E-state index contributed by atoms with van der Waals surface area (Å²) in [5, 5.41) is 5.41. The lowest BCUT2D eigenvalue weighted by Crippen LogP contribution is -2.44. The molecule has 2 N–H and O–H groups in total. The summed E-state index contributed by atoms with van der Waals surface area (Å²) < 4.78 is 29.3. The van der Waals surface area contributed by atoms with E-state index in [1.54, 1.807) is 19.9 Å². The van der Waals surface area contributed by atoms with E-state index in [-0.39, 0.29) is 24.1 Å². The highest BCUT2D eigenvalue weighted by atomic mass is 32.2. The Morgan fingerprint density at radius 1 is 1.21 bits per heavy atom. The molecule has 1 aliphatic carbocycles. The second kappa shape index (κ2) is 8.82. The lowest BCUT2D eigenvalue weighted by molar-refractivity contribution is 0.0985. The molecule has 1 saturated carbocycles. The predicted molar refractivity (Wildman–Crippen MR) is 124 cm³/mol. The fraction of sp³-hybridized carbons (Fsp3) is 0.571. The van der Waals surface area contributed by atoms with Crippen molar-refractivity contribution in [1.29, 1.82) is 0 Å². The van der Waals surface area contributed by atoms with Crippen LogP contribution in [0, 0.1) is 0 Å². The second-order valence-corrected chi connectivity index (χ2v) is 11.6. The molecule has 1 saturated heterocycles. The zero-order valence-electron chi connectivity index (χ0n) is 19.2. The Labute approximate surface area is 193 Å². The average Bonchev–Trinajstić information content (AvgIpc) is 3.57. The van der Waals surface area contributed by atoms with Gasteiger partial charge in [-0.3, -0.25) is 5.32 Å². The molecule has 12 heteroatoms. The zero-order chi connectivity index (χ0) is 23.8. The van der Waals surface area contributed by atoms with E-state index in [4.69, 9.17) is 9.72 Å². The lowest BCUT2D eigenvalue weighted by atomic mass is 10.1. The number of aromatic nitrogens is 4. The molecule has 2 aromatic rings. The molecule has 0 spiro atoms. The Balaban J connectivity index is 1.68. The number of amides is 2. The number of carbonyl (C=O) groups is 1. The van der Waals surface area contributed by atoms with E-state index >= 15 is 0 Å². The molecule has 2 fully saturated rings. The van der Waals surface area contributed by atoms with Crippen LogP contribution in [-0.2, 0) is 19.3 Å². The standard InChI is InChI=1S/C21H29N7O4S/c1-13-12-32-8-7-28(13)17-9-16(21(2,3)33(4,30)31)25-18(26-17)14-10-22-19(23-11-14)27-20(29)24-15-5-6-15/h9-11,13,15H,5-8,12H2,1-4H3,(H2,22,23,24,27,29)/t13-/m0/s1. The SMILES string of the molecule is C[C@H]1COCCN1c1cc(C(C)(C)S(C)(=O)=O)nc(-c2cnc(NC(=O)NC3CC3)nc2)n1. The van der Waals surface area contributed by atoms with Crippen molar-refractivity contribution in [1.82, 2.24) is 25.3 Å². The largest absolute Gasteiger partial charge is 0.377 e. The van der Waals surface area contributed by atoms with Crippen LogP contribution in [0.5, 0.6) is 0 Å². The van der Waals surface area contributed by atoms with E-state index in [2.05, 4.69) is 30.5 Å². The van der Waals surface area contributed by atoms with Crippen LogP contribution >= 0.6 is 0 Å². The highest BCUT2D eigenvalue weighted by Crippen LogP contribution is 2.32. The van der Waals surface area contributed by atoms with E-state index < -0.39 is 14.6 Å². The van der Waals surface area contributed by atoms with Crippen LogP contribution in [0.2, 0.25) is 0 Å². The second-order valence-electron chi connectivity index (χ2n) is 9.00. The number of anilines is 2. The molecule has 1 atom stereocenters. The number of urea groups is 1. The number of morpholine rings is 1. The van der Waals surface area contributed by atoms with Crippen molar-refractivity contribution in [2.75, 3.05) is 36.2 Å². The molecule has 2 aromatic heterocycles. The summed E-state index contributed by atoms with van der Waals surface area (Å²) in [6.07, 6.45) is 6.18. The molecule has 0 unspecified atom stereocenters. The topological polar surface area (TPSA) is 139 Å². The Morgan fingerprint density at radius 2 is 1.91 bits per heavy atom. The third-order valence-electron chi connectivity index (χ3n) is 5.97. The number of nitrogens with one attached hydrogen (secondary N) is 2. The summed E-state index contributed by atoms with van der Waals surface area (Å²) in [6.45, 7) is 7.02. The smallest absolute Gasteiger partial charge is 0.321 e. The number of sulfone groups is 1. The Morgan fingerprint density at radius 3 is 2.52 bits per heavy atom. The van der Waals surface area contributed by atoms with Crippen molar-refractivity contribution in [3.05, 3.63) is 24.2 Å². The first-order valence-electron chi connectivity index (χ1n) is 10.9. The van der Waals surface area contributed by atoms with Gasteiger partial charge < -0.3 is 15.0 Å². The molecule has 0 bridgehead atoms. The van der Waals surface area contributed by atoms with Gasteiger partial charge in [0.05, 0.1) is 30.5 Å². The summed E-state index contributed by atoms with van der Waals surface area (Å²) in [6, 6.07) is 1.68. The van der Waals surface area contributed by atoms with Gasteiger partial charge >= 0.3 is 6.03 Å². The molecule has 11 nitrogen and oxygen atoms in total. The van der Waals surface area contributed by atoms with Gasteiger partial charge in [0.15, 0.2) is 15.7 Å². The fourth-order valence-electron chi connectivity index (χ4n) is 3.34. The maximum Gasteiger partial charge on any atom is 0.321 e. The maximum atomic E-state index is 12.5. The maximum absolute atomic E-state index is 12.5. The fourth-order valence-corrected chi connectivity index (χ4v) is 3.82. The lowest BCUT2D eigenvalue weighted by Gasteiger charge is -2.35. The molecule has 2 aliphatic rings. The Bertz CT molecular complexity index is 1130. The van der Waals surface area contributed by atoms with Gasteiger partial charge in [-0.2, -0.15) is 0 Å². The Hall–Kier alpha value is -2.86. The molecular formula is C21H29N7O4S. The van der Waals surface area contributed by atoms with Crippen LogP contribution < -0.4 is 15.5 Å². The predicted octanol–water partition coefficient (Wildman–Crippen LogP) is 1.72. The van der Waals surface area contributed by atoms with Crippen molar-refractivity contribution in [2.24, 2.45) is 0 Å². The number of rotatable bonds is 6. The molecule has 33 heavy (non-hydrogen) atoms. The molecule has 0 radical (unpaired) electrons. The van der Waals surface area contributed by atoms with E-state index in [0.29, 0.717) is 42.7 Å². The molecule has 178 valence electrons. The zero-order valence-corrected chi connectivity index (χ0v) is 20.0. The van der Waals surface area contributed by atoms with Crippen molar-refractivity contribution in [3.8, 4) is 11.4 Å². The summed E-state index contributed by atoms with van der Waals surface area (Å²) in [5.74, 6) is 1.09. The number of ether oxygens (including phenoxy) is 1. The normalized spacial score (nSPS) is 19.3.